The lowest BCUT2D eigenvalue weighted by atomic mass is 10.1. The molecule has 3 heterocycles. The molecule has 2 fully saturated rings. The van der Waals surface area contributed by atoms with Gasteiger partial charge in [-0.1, -0.05) is 24.3 Å². The Bertz CT molecular complexity index is 826. The Kier molecular flexibility index (Phi) is 5.63. The number of hydrogen-bond donors (Lipinski definition) is 2. The first-order valence-electron chi connectivity index (χ1n) is 9.41. The van der Waals surface area contributed by atoms with Gasteiger partial charge in [-0.05, 0) is 11.1 Å². The molecular formula is C19H23FN6O2. The van der Waals surface area contributed by atoms with Crippen molar-refractivity contribution in [3.8, 4) is 0 Å². The van der Waals surface area contributed by atoms with Gasteiger partial charge in [0.2, 0.25) is 11.9 Å². The highest BCUT2D eigenvalue weighted by molar-refractivity contribution is 5.88. The Balaban J connectivity index is 1.36. The maximum atomic E-state index is 13.8. The maximum absolute atomic E-state index is 13.8. The summed E-state index contributed by atoms with van der Waals surface area (Å²) in [6.45, 7) is 6.22. The van der Waals surface area contributed by atoms with Gasteiger partial charge in [-0.3, -0.25) is 9.80 Å². The molecule has 1 amide bonds. The number of aromatic nitrogens is 2. The molecule has 28 heavy (non-hydrogen) atoms. The van der Waals surface area contributed by atoms with Crippen LogP contribution in [0, 0.1) is 5.95 Å². The van der Waals surface area contributed by atoms with E-state index >= 15 is 0 Å². The highest BCUT2D eigenvalue weighted by atomic mass is 19.1. The van der Waals surface area contributed by atoms with E-state index < -0.39 is 12.0 Å². The van der Waals surface area contributed by atoms with Crippen LogP contribution in [0.25, 0.3) is 0 Å². The fourth-order valence-electron chi connectivity index (χ4n) is 3.30. The molecule has 9 heteroatoms. The highest BCUT2D eigenvalue weighted by Crippen LogP contribution is 2.19. The summed E-state index contributed by atoms with van der Waals surface area (Å²) in [6.07, 6.45) is -0.524. The van der Waals surface area contributed by atoms with Gasteiger partial charge < -0.3 is 15.4 Å². The number of halogens is 1. The van der Waals surface area contributed by atoms with Gasteiger partial charge in [0.25, 0.3) is 0 Å². The van der Waals surface area contributed by atoms with Crippen LogP contribution in [0.1, 0.15) is 11.1 Å². The van der Waals surface area contributed by atoms with Crippen molar-refractivity contribution in [2.45, 2.75) is 13.1 Å². The Morgan fingerprint density at radius 3 is 2.57 bits per heavy atom. The van der Waals surface area contributed by atoms with E-state index in [4.69, 9.17) is 4.74 Å². The third-order valence-electron chi connectivity index (χ3n) is 4.81. The Hall–Kier alpha value is -2.78. The van der Waals surface area contributed by atoms with E-state index in [9.17, 15) is 9.18 Å². The molecule has 1 aromatic carbocycles. The molecule has 2 aliphatic heterocycles. The number of carbonyl (C=O) groups excluding carboxylic acids is 1. The number of hydrogen-bond acceptors (Lipinski definition) is 7. The lowest BCUT2D eigenvalue weighted by molar-refractivity contribution is 0.181. The minimum atomic E-state index is -0.696. The highest BCUT2D eigenvalue weighted by Gasteiger charge is 2.25. The Morgan fingerprint density at radius 2 is 1.86 bits per heavy atom. The van der Waals surface area contributed by atoms with Crippen molar-refractivity contribution < 1.29 is 13.9 Å². The number of nitrogens with zero attached hydrogens (tertiary/aromatic N) is 4. The van der Waals surface area contributed by atoms with Crippen LogP contribution in [-0.4, -0.2) is 60.3 Å². The fraction of sp³-hybridized carbons (Fsp3) is 0.421. The van der Waals surface area contributed by atoms with E-state index in [2.05, 4.69) is 37.6 Å². The molecular weight excluding hydrogens is 363 g/mol. The van der Waals surface area contributed by atoms with Gasteiger partial charge in [-0.2, -0.15) is 14.4 Å². The summed E-state index contributed by atoms with van der Waals surface area (Å²) in [6, 6.07) is 9.43. The monoisotopic (exact) mass is 386 g/mol. The second kappa shape index (κ2) is 8.49. The van der Waals surface area contributed by atoms with E-state index in [1.54, 1.807) is 0 Å². The summed E-state index contributed by atoms with van der Waals surface area (Å²) < 4.78 is 18.7. The first-order chi connectivity index (χ1) is 13.7. The van der Waals surface area contributed by atoms with E-state index in [1.807, 2.05) is 12.1 Å². The number of anilines is 2. The molecule has 2 aliphatic rings. The van der Waals surface area contributed by atoms with E-state index in [1.165, 1.54) is 10.5 Å². The van der Waals surface area contributed by atoms with Gasteiger partial charge in [0.1, 0.15) is 12.4 Å². The summed E-state index contributed by atoms with van der Waals surface area (Å²) in [5.74, 6) is -0.359. The van der Waals surface area contributed by atoms with Crippen LogP contribution in [-0.2, 0) is 17.8 Å². The lowest BCUT2D eigenvalue weighted by Gasteiger charge is -2.27. The second-order valence-electron chi connectivity index (χ2n) is 6.83. The maximum Gasteiger partial charge on any atom is 0.415 e. The Morgan fingerprint density at radius 1 is 1.11 bits per heavy atom. The van der Waals surface area contributed by atoms with Gasteiger partial charge >= 0.3 is 6.09 Å². The predicted octanol–water partition coefficient (Wildman–Crippen LogP) is 1.59. The minimum Gasteiger partial charge on any atom is -0.447 e. The summed E-state index contributed by atoms with van der Waals surface area (Å²) in [7, 11) is 0. The summed E-state index contributed by atoms with van der Waals surface area (Å²) >= 11 is 0. The smallest absolute Gasteiger partial charge is 0.415 e. The van der Waals surface area contributed by atoms with Crippen LogP contribution in [0.15, 0.2) is 30.3 Å². The topological polar surface area (TPSA) is 82.6 Å². The molecule has 2 N–H and O–H groups in total. The largest absolute Gasteiger partial charge is 0.447 e. The zero-order valence-electron chi connectivity index (χ0n) is 15.5. The lowest BCUT2D eigenvalue weighted by Crippen LogP contribution is -2.42. The van der Waals surface area contributed by atoms with E-state index in [0.717, 1.165) is 44.4 Å². The average molecular weight is 386 g/mol. The molecule has 0 aliphatic carbocycles. The third-order valence-corrected chi connectivity index (χ3v) is 4.81. The van der Waals surface area contributed by atoms with Gasteiger partial charge in [0.05, 0.1) is 6.54 Å². The number of carbonyl (C=O) groups is 1. The Labute approximate surface area is 162 Å². The summed E-state index contributed by atoms with van der Waals surface area (Å²) in [5.41, 5.74) is 2.31. The van der Waals surface area contributed by atoms with Crippen molar-refractivity contribution >= 4 is 17.9 Å². The molecule has 1 aromatic heterocycles. The van der Waals surface area contributed by atoms with Crippen LogP contribution in [0.5, 0.6) is 0 Å². The van der Waals surface area contributed by atoms with Gasteiger partial charge in [-0.15, -0.1) is 0 Å². The predicted molar refractivity (Wildman–Crippen MR) is 103 cm³/mol. The van der Waals surface area contributed by atoms with Gasteiger partial charge in [0.15, 0.2) is 0 Å². The van der Waals surface area contributed by atoms with Crippen molar-refractivity contribution in [2.24, 2.45) is 0 Å². The number of rotatable bonds is 6. The van der Waals surface area contributed by atoms with Gasteiger partial charge in [-0.25, -0.2) is 4.79 Å². The molecule has 2 saturated heterocycles. The minimum absolute atomic E-state index is 0.139. The quantitative estimate of drug-likeness (QED) is 0.730. The van der Waals surface area contributed by atoms with Crippen LogP contribution >= 0.6 is 0 Å². The normalized spacial score (nSPS) is 17.6. The molecule has 148 valence electrons. The van der Waals surface area contributed by atoms with Crippen molar-refractivity contribution in [2.75, 3.05) is 49.5 Å². The average Bonchev–Trinajstić information content (AvgIpc) is 3.14. The third kappa shape index (κ3) is 4.55. The number of amides is 1. The van der Waals surface area contributed by atoms with Crippen molar-refractivity contribution in [1.82, 2.24) is 20.2 Å². The van der Waals surface area contributed by atoms with Crippen molar-refractivity contribution in [1.29, 1.82) is 0 Å². The number of piperazine rings is 1. The van der Waals surface area contributed by atoms with Crippen LogP contribution in [0.2, 0.25) is 0 Å². The molecule has 0 radical (unpaired) electrons. The molecule has 8 nitrogen and oxygen atoms in total. The fourth-order valence-corrected chi connectivity index (χ4v) is 3.30. The van der Waals surface area contributed by atoms with Crippen molar-refractivity contribution in [3.63, 3.8) is 0 Å². The number of cyclic esters (lactones) is 1. The van der Waals surface area contributed by atoms with Crippen LogP contribution < -0.4 is 15.5 Å². The van der Waals surface area contributed by atoms with Crippen LogP contribution in [0.4, 0.5) is 21.0 Å². The molecule has 0 saturated carbocycles. The molecule has 4 rings (SSSR count). The number of ether oxygens (including phenoxy) is 1. The van der Waals surface area contributed by atoms with Crippen LogP contribution in [0.3, 0.4) is 0 Å². The van der Waals surface area contributed by atoms with Gasteiger partial charge in [0, 0.05) is 45.3 Å². The number of benzene rings is 1. The standard InChI is InChI=1S/C19H23FN6O2/c20-16-11-17(26-9-10-28-19(26)27)24-18(23-16)22-12-14-1-3-15(4-2-14)13-25-7-5-21-6-8-25/h1-4,11,21H,5-10,12-13H2,(H,22,23,24). The molecule has 0 bridgehead atoms. The SMILES string of the molecule is O=C1OCCN1c1cc(F)nc(NCc2ccc(CN3CCNCC3)cc2)n1. The molecule has 2 aromatic rings. The second-order valence-corrected chi connectivity index (χ2v) is 6.83. The first-order valence-corrected chi connectivity index (χ1v) is 9.41. The molecule has 0 atom stereocenters. The molecule has 0 unspecified atom stereocenters. The van der Waals surface area contributed by atoms with E-state index in [0.29, 0.717) is 13.1 Å². The van der Waals surface area contributed by atoms with Crippen molar-refractivity contribution in [3.05, 3.63) is 47.4 Å². The summed E-state index contributed by atoms with van der Waals surface area (Å²) in [5, 5.41) is 6.37. The first kappa shape index (κ1) is 18.6. The summed E-state index contributed by atoms with van der Waals surface area (Å²) in [4.78, 5) is 23.3. The number of nitrogens with one attached hydrogen (secondary N) is 2. The molecule has 0 spiro atoms. The van der Waals surface area contributed by atoms with E-state index in [-0.39, 0.29) is 18.4 Å². The zero-order valence-corrected chi connectivity index (χ0v) is 15.5. The zero-order chi connectivity index (χ0) is 19.3.